The molecule has 28 heavy (non-hydrogen) atoms. The molecule has 0 radical (unpaired) electrons. The molecule has 0 aliphatic heterocycles. The van der Waals surface area contributed by atoms with Gasteiger partial charge in [0.05, 0.1) is 18.9 Å². The van der Waals surface area contributed by atoms with Crippen LogP contribution in [0.2, 0.25) is 0 Å². The van der Waals surface area contributed by atoms with E-state index in [1.165, 1.54) is 17.3 Å². The first-order valence-corrected chi connectivity index (χ1v) is 10.3. The van der Waals surface area contributed by atoms with E-state index in [1.54, 1.807) is 19.5 Å². The highest BCUT2D eigenvalue weighted by Gasteiger charge is 2.16. The van der Waals surface area contributed by atoms with E-state index in [0.29, 0.717) is 24.1 Å². The Morgan fingerprint density at radius 1 is 1.11 bits per heavy atom. The lowest BCUT2D eigenvalue weighted by Crippen LogP contribution is -2.09. The van der Waals surface area contributed by atoms with Gasteiger partial charge in [-0.1, -0.05) is 49.4 Å². The van der Waals surface area contributed by atoms with Crippen LogP contribution in [-0.4, -0.2) is 45.0 Å². The predicted molar refractivity (Wildman–Crippen MR) is 111 cm³/mol. The van der Waals surface area contributed by atoms with Gasteiger partial charge in [0.15, 0.2) is 16.8 Å². The van der Waals surface area contributed by atoms with E-state index < -0.39 is 0 Å². The summed E-state index contributed by atoms with van der Waals surface area (Å²) in [5, 5.41) is 9.32. The minimum absolute atomic E-state index is 0.0831. The number of benzene rings is 1. The number of aromatic nitrogens is 4. The van der Waals surface area contributed by atoms with Crippen LogP contribution in [0.5, 0.6) is 0 Å². The number of ketones is 1. The van der Waals surface area contributed by atoms with Crippen LogP contribution in [0, 0.1) is 0 Å². The summed E-state index contributed by atoms with van der Waals surface area (Å²) >= 11 is 1.40. The fourth-order valence-electron chi connectivity index (χ4n) is 2.85. The Morgan fingerprint density at radius 3 is 2.54 bits per heavy atom. The van der Waals surface area contributed by atoms with Gasteiger partial charge in [0, 0.05) is 30.6 Å². The van der Waals surface area contributed by atoms with Crippen molar-refractivity contribution in [3.63, 3.8) is 0 Å². The summed E-state index contributed by atoms with van der Waals surface area (Å²) in [4.78, 5) is 16.6. The molecular formula is C21H24N4O2S. The van der Waals surface area contributed by atoms with E-state index >= 15 is 0 Å². The predicted octanol–water partition coefficient (Wildman–Crippen LogP) is 3.91. The topological polar surface area (TPSA) is 69.9 Å². The van der Waals surface area contributed by atoms with Gasteiger partial charge in [-0.3, -0.25) is 14.3 Å². The van der Waals surface area contributed by atoms with E-state index in [9.17, 15) is 4.79 Å². The van der Waals surface area contributed by atoms with Gasteiger partial charge in [0.1, 0.15) is 0 Å². The molecule has 0 unspecified atom stereocenters. The molecule has 146 valence electrons. The highest BCUT2D eigenvalue weighted by molar-refractivity contribution is 7.99. The minimum Gasteiger partial charge on any atom is -0.383 e. The lowest BCUT2D eigenvalue weighted by molar-refractivity contribution is 0.102. The van der Waals surface area contributed by atoms with Crippen molar-refractivity contribution in [1.29, 1.82) is 0 Å². The zero-order chi connectivity index (χ0) is 19.8. The smallest absolute Gasteiger partial charge is 0.192 e. The number of hydrogen-bond acceptors (Lipinski definition) is 6. The fourth-order valence-corrected chi connectivity index (χ4v) is 3.71. The third-order valence-corrected chi connectivity index (χ3v) is 5.29. The van der Waals surface area contributed by atoms with Crippen molar-refractivity contribution < 1.29 is 9.53 Å². The van der Waals surface area contributed by atoms with E-state index in [4.69, 9.17) is 4.74 Å². The fraction of sp³-hybridized carbons (Fsp3) is 0.333. The molecular weight excluding hydrogens is 372 g/mol. The molecule has 2 heterocycles. The number of nitrogens with zero attached hydrogens (tertiary/aromatic N) is 4. The van der Waals surface area contributed by atoms with Crippen LogP contribution < -0.4 is 0 Å². The van der Waals surface area contributed by atoms with E-state index in [2.05, 4.69) is 22.1 Å². The summed E-state index contributed by atoms with van der Waals surface area (Å²) in [7, 11) is 1.66. The van der Waals surface area contributed by atoms with Gasteiger partial charge >= 0.3 is 0 Å². The van der Waals surface area contributed by atoms with Crippen LogP contribution in [0.25, 0.3) is 11.4 Å². The third-order valence-electron chi connectivity index (χ3n) is 4.32. The SMILES string of the molecule is CCCc1ccc(C(=O)CSc2nnc(-c3ccncc3)n2CCOC)cc1. The van der Waals surface area contributed by atoms with Crippen molar-refractivity contribution in [2.75, 3.05) is 19.5 Å². The van der Waals surface area contributed by atoms with E-state index in [1.807, 2.05) is 41.0 Å². The standard InChI is InChI=1S/C21H24N4O2S/c1-3-4-16-5-7-17(8-6-16)19(26)15-28-21-24-23-20(25(21)13-14-27-2)18-9-11-22-12-10-18/h5-12H,3-4,13-15H2,1-2H3. The molecule has 7 heteroatoms. The summed E-state index contributed by atoms with van der Waals surface area (Å²) in [5.74, 6) is 1.15. The molecule has 0 saturated carbocycles. The van der Waals surface area contributed by atoms with E-state index in [-0.39, 0.29) is 5.78 Å². The number of thioether (sulfide) groups is 1. The van der Waals surface area contributed by atoms with Crippen molar-refractivity contribution in [2.45, 2.75) is 31.5 Å². The molecule has 0 spiro atoms. The lowest BCUT2D eigenvalue weighted by Gasteiger charge is -2.09. The summed E-state index contributed by atoms with van der Waals surface area (Å²) in [6.45, 7) is 3.30. The molecule has 3 aromatic rings. The number of ether oxygens (including phenoxy) is 1. The molecule has 0 bridgehead atoms. The van der Waals surface area contributed by atoms with Crippen LogP contribution in [0.3, 0.4) is 0 Å². The molecule has 0 fully saturated rings. The molecule has 0 aliphatic carbocycles. The Labute approximate surface area is 169 Å². The van der Waals surface area contributed by atoms with Crippen molar-refractivity contribution in [3.8, 4) is 11.4 Å². The number of rotatable bonds is 10. The molecule has 0 amide bonds. The molecule has 0 atom stereocenters. The summed E-state index contributed by atoms with van der Waals surface area (Å²) in [6, 6.07) is 11.7. The normalized spacial score (nSPS) is 10.9. The number of Topliss-reactive ketones (excluding diaryl/α,β-unsaturated/α-hetero) is 1. The largest absolute Gasteiger partial charge is 0.383 e. The Kier molecular flexibility index (Phi) is 7.33. The molecule has 3 rings (SSSR count). The quantitative estimate of drug-likeness (QED) is 0.382. The zero-order valence-corrected chi connectivity index (χ0v) is 17.0. The molecule has 0 saturated heterocycles. The average molecular weight is 397 g/mol. The van der Waals surface area contributed by atoms with Gasteiger partial charge < -0.3 is 4.74 Å². The highest BCUT2D eigenvalue weighted by atomic mass is 32.2. The number of pyridine rings is 1. The number of aryl methyl sites for hydroxylation is 1. The van der Waals surface area contributed by atoms with Gasteiger partial charge in [-0.25, -0.2) is 0 Å². The van der Waals surface area contributed by atoms with Crippen LogP contribution in [-0.2, 0) is 17.7 Å². The van der Waals surface area contributed by atoms with Crippen molar-refractivity contribution >= 4 is 17.5 Å². The highest BCUT2D eigenvalue weighted by Crippen LogP contribution is 2.24. The maximum atomic E-state index is 12.6. The number of carbonyl (C=O) groups is 1. The Balaban J connectivity index is 1.72. The van der Waals surface area contributed by atoms with E-state index in [0.717, 1.165) is 29.8 Å². The van der Waals surface area contributed by atoms with Crippen molar-refractivity contribution in [3.05, 3.63) is 59.9 Å². The molecule has 1 aromatic carbocycles. The maximum absolute atomic E-state index is 12.6. The second-order valence-corrected chi connectivity index (χ2v) is 7.29. The Hall–Kier alpha value is -2.51. The summed E-state index contributed by atoms with van der Waals surface area (Å²) in [5.41, 5.74) is 2.92. The second kappa shape index (κ2) is 10.1. The molecule has 0 aliphatic rings. The first kappa shape index (κ1) is 20.2. The number of hydrogen-bond donors (Lipinski definition) is 0. The van der Waals surface area contributed by atoms with Crippen molar-refractivity contribution in [1.82, 2.24) is 19.7 Å². The lowest BCUT2D eigenvalue weighted by atomic mass is 10.1. The van der Waals surface area contributed by atoms with Gasteiger partial charge in [-0.05, 0) is 24.1 Å². The van der Waals surface area contributed by atoms with Crippen LogP contribution >= 0.6 is 11.8 Å². The number of carbonyl (C=O) groups excluding carboxylic acids is 1. The van der Waals surface area contributed by atoms with Crippen LogP contribution in [0.4, 0.5) is 0 Å². The third kappa shape index (κ3) is 5.05. The molecule has 0 N–H and O–H groups in total. The Morgan fingerprint density at radius 2 is 1.86 bits per heavy atom. The first-order valence-electron chi connectivity index (χ1n) is 9.30. The minimum atomic E-state index is 0.0831. The zero-order valence-electron chi connectivity index (χ0n) is 16.2. The van der Waals surface area contributed by atoms with Gasteiger partial charge in [0.2, 0.25) is 0 Å². The monoisotopic (exact) mass is 396 g/mol. The van der Waals surface area contributed by atoms with Crippen LogP contribution in [0.15, 0.2) is 53.9 Å². The Bertz CT molecular complexity index is 895. The average Bonchev–Trinajstić information content (AvgIpc) is 3.14. The first-order chi connectivity index (χ1) is 13.7. The molecule has 6 nitrogen and oxygen atoms in total. The summed E-state index contributed by atoms with van der Waals surface area (Å²) < 4.78 is 7.21. The second-order valence-electron chi connectivity index (χ2n) is 6.35. The maximum Gasteiger partial charge on any atom is 0.192 e. The van der Waals surface area contributed by atoms with Gasteiger partial charge in [0.25, 0.3) is 0 Å². The van der Waals surface area contributed by atoms with Gasteiger partial charge in [-0.2, -0.15) is 0 Å². The molecule has 2 aromatic heterocycles. The summed E-state index contributed by atoms with van der Waals surface area (Å²) in [6.07, 6.45) is 5.58. The van der Waals surface area contributed by atoms with Crippen LogP contribution in [0.1, 0.15) is 29.3 Å². The van der Waals surface area contributed by atoms with Crippen molar-refractivity contribution in [2.24, 2.45) is 0 Å². The van der Waals surface area contributed by atoms with Gasteiger partial charge in [-0.15, -0.1) is 10.2 Å². The number of methoxy groups -OCH3 is 1.